The quantitative estimate of drug-likeness (QED) is 0.298. The van der Waals surface area contributed by atoms with Crippen molar-refractivity contribution >= 4 is 0 Å². The summed E-state index contributed by atoms with van der Waals surface area (Å²) in [5.74, 6) is 9.60. The number of hydrogen-bond acceptors (Lipinski definition) is 0. The second-order valence-electron chi connectivity index (χ2n) is 9.94. The fourth-order valence-electron chi connectivity index (χ4n) is 5.65. The third kappa shape index (κ3) is 7.89. The molecule has 0 spiro atoms. The van der Waals surface area contributed by atoms with Gasteiger partial charge in [-0.25, -0.2) is 0 Å². The lowest BCUT2D eigenvalue weighted by molar-refractivity contribution is -0.137. The zero-order valence-electron chi connectivity index (χ0n) is 19.2. The van der Waals surface area contributed by atoms with Gasteiger partial charge in [-0.1, -0.05) is 70.1 Å². The molecule has 2 aliphatic carbocycles. The Morgan fingerprint density at radius 2 is 1.35 bits per heavy atom. The van der Waals surface area contributed by atoms with Crippen molar-refractivity contribution in [3.8, 4) is 11.8 Å². The van der Waals surface area contributed by atoms with Crippen molar-refractivity contribution in [2.45, 2.75) is 103 Å². The average Bonchev–Trinajstić information content (AvgIpc) is 2.78. The maximum absolute atomic E-state index is 12.7. The summed E-state index contributed by atoms with van der Waals surface area (Å²) in [6.07, 6.45) is 14.7. The van der Waals surface area contributed by atoms with Gasteiger partial charge < -0.3 is 0 Å². The summed E-state index contributed by atoms with van der Waals surface area (Å²) in [7, 11) is 0. The normalized spacial score (nSPS) is 26.8. The zero-order chi connectivity index (χ0) is 22.1. The van der Waals surface area contributed by atoms with E-state index in [1.54, 1.807) is 0 Å². The molecule has 0 bridgehead atoms. The molecule has 2 saturated carbocycles. The fraction of sp³-hybridized carbons (Fsp3) is 0.714. The van der Waals surface area contributed by atoms with E-state index in [9.17, 15) is 13.2 Å². The number of halogens is 3. The van der Waals surface area contributed by atoms with Gasteiger partial charge in [0.1, 0.15) is 0 Å². The summed E-state index contributed by atoms with van der Waals surface area (Å²) < 4.78 is 38.0. The molecule has 0 radical (unpaired) electrons. The van der Waals surface area contributed by atoms with Gasteiger partial charge in [-0.3, -0.25) is 0 Å². The Balaban J connectivity index is 1.36. The smallest absolute Gasteiger partial charge is 0.166 e. The highest BCUT2D eigenvalue weighted by Gasteiger charge is 2.31. The van der Waals surface area contributed by atoms with Gasteiger partial charge in [-0.05, 0) is 80.5 Å². The molecule has 1 aromatic rings. The molecule has 0 unspecified atom stereocenters. The van der Waals surface area contributed by atoms with Crippen LogP contribution >= 0.6 is 0 Å². The van der Waals surface area contributed by atoms with Crippen LogP contribution in [0.1, 0.15) is 108 Å². The van der Waals surface area contributed by atoms with E-state index in [2.05, 4.69) is 18.8 Å². The molecule has 3 rings (SSSR count). The van der Waals surface area contributed by atoms with Crippen molar-refractivity contribution in [3.05, 3.63) is 35.4 Å². The first-order chi connectivity index (χ1) is 15.0. The van der Waals surface area contributed by atoms with E-state index in [0.717, 1.165) is 42.7 Å². The molecule has 0 amide bonds. The van der Waals surface area contributed by atoms with Crippen molar-refractivity contribution in [1.82, 2.24) is 0 Å². The highest BCUT2D eigenvalue weighted by atomic mass is 19.4. The molecule has 0 nitrogen and oxygen atoms in total. The first kappa shape index (κ1) is 24.2. The number of benzene rings is 1. The summed E-state index contributed by atoms with van der Waals surface area (Å²) in [6.45, 7) is 2.28. The Kier molecular flexibility index (Phi) is 9.36. The van der Waals surface area contributed by atoms with E-state index < -0.39 is 11.7 Å². The van der Waals surface area contributed by atoms with Crippen LogP contribution in [0.4, 0.5) is 13.2 Å². The van der Waals surface area contributed by atoms with Crippen LogP contribution in [0.5, 0.6) is 0 Å². The molecule has 0 saturated heterocycles. The van der Waals surface area contributed by atoms with Crippen molar-refractivity contribution in [3.63, 3.8) is 0 Å². The molecule has 0 aliphatic heterocycles. The first-order valence-corrected chi connectivity index (χ1v) is 12.6. The van der Waals surface area contributed by atoms with Crippen molar-refractivity contribution in [2.75, 3.05) is 0 Å². The van der Waals surface area contributed by atoms with Crippen LogP contribution in [0.3, 0.4) is 0 Å². The zero-order valence-corrected chi connectivity index (χ0v) is 19.2. The van der Waals surface area contributed by atoms with E-state index in [1.165, 1.54) is 89.2 Å². The molecular weight excluding hydrogens is 393 g/mol. The standard InChI is InChI=1S/C28H39F3/c1-2-3-4-5-6-7-22-10-16-25(17-11-22)26-18-12-23(13-19-26)8-9-24-14-20-27(21-15-24)28(29,30)31/h14-15,20-23,25-26H,2-7,10-13,16-19H2,1H3. The van der Waals surface area contributed by atoms with Crippen LogP contribution in [0.25, 0.3) is 0 Å². The van der Waals surface area contributed by atoms with E-state index in [1.807, 2.05) is 0 Å². The maximum Gasteiger partial charge on any atom is 0.416 e. The van der Waals surface area contributed by atoms with E-state index >= 15 is 0 Å². The van der Waals surface area contributed by atoms with E-state index in [0.29, 0.717) is 11.5 Å². The van der Waals surface area contributed by atoms with Gasteiger partial charge in [-0.2, -0.15) is 13.2 Å². The molecule has 0 atom stereocenters. The van der Waals surface area contributed by atoms with Crippen molar-refractivity contribution < 1.29 is 13.2 Å². The molecule has 2 aliphatic rings. The predicted octanol–water partition coefficient (Wildman–Crippen LogP) is 9.03. The molecule has 0 N–H and O–H groups in total. The Hall–Kier alpha value is -1.43. The third-order valence-electron chi connectivity index (χ3n) is 7.68. The van der Waals surface area contributed by atoms with Crippen LogP contribution < -0.4 is 0 Å². The average molecular weight is 433 g/mol. The largest absolute Gasteiger partial charge is 0.416 e. The molecule has 2 fully saturated rings. The third-order valence-corrected chi connectivity index (χ3v) is 7.68. The van der Waals surface area contributed by atoms with Crippen molar-refractivity contribution in [2.24, 2.45) is 23.7 Å². The van der Waals surface area contributed by atoms with Crippen LogP contribution in [0.2, 0.25) is 0 Å². The summed E-state index contributed by atoms with van der Waals surface area (Å²) in [5.41, 5.74) is 0.0768. The topological polar surface area (TPSA) is 0 Å². The van der Waals surface area contributed by atoms with Crippen LogP contribution in [-0.2, 0) is 6.18 Å². The van der Waals surface area contributed by atoms with Crippen LogP contribution in [-0.4, -0.2) is 0 Å². The highest BCUT2D eigenvalue weighted by molar-refractivity contribution is 5.37. The Bertz CT molecular complexity index is 691. The number of unbranched alkanes of at least 4 members (excludes halogenated alkanes) is 4. The monoisotopic (exact) mass is 432 g/mol. The SMILES string of the molecule is CCCCCCCC1CCC(C2CCC(C#Cc3ccc(C(F)(F)F)cc3)CC2)CC1. The second-order valence-corrected chi connectivity index (χ2v) is 9.94. The van der Waals surface area contributed by atoms with Gasteiger partial charge in [0.2, 0.25) is 0 Å². The Morgan fingerprint density at radius 3 is 1.94 bits per heavy atom. The lowest BCUT2D eigenvalue weighted by atomic mass is 9.69. The number of alkyl halides is 3. The molecule has 172 valence electrons. The molecule has 1 aromatic carbocycles. The van der Waals surface area contributed by atoms with Gasteiger partial charge in [0.25, 0.3) is 0 Å². The summed E-state index contributed by atoms with van der Waals surface area (Å²) in [5, 5.41) is 0. The lowest BCUT2D eigenvalue weighted by Gasteiger charge is -2.37. The highest BCUT2D eigenvalue weighted by Crippen LogP contribution is 2.42. The molecular formula is C28H39F3. The number of hydrogen-bond donors (Lipinski definition) is 0. The summed E-state index contributed by atoms with van der Waals surface area (Å²) >= 11 is 0. The lowest BCUT2D eigenvalue weighted by Crippen LogP contribution is -2.25. The minimum Gasteiger partial charge on any atom is -0.166 e. The van der Waals surface area contributed by atoms with Crippen LogP contribution in [0.15, 0.2) is 24.3 Å². The molecule has 0 heterocycles. The molecule has 3 heteroatoms. The molecule has 0 aromatic heterocycles. The van der Waals surface area contributed by atoms with Crippen LogP contribution in [0, 0.1) is 35.5 Å². The fourth-order valence-corrected chi connectivity index (χ4v) is 5.65. The van der Waals surface area contributed by atoms with Gasteiger partial charge in [-0.15, -0.1) is 0 Å². The Morgan fingerprint density at radius 1 is 0.774 bits per heavy atom. The molecule has 31 heavy (non-hydrogen) atoms. The van der Waals surface area contributed by atoms with Gasteiger partial charge in [0, 0.05) is 11.5 Å². The minimum absolute atomic E-state index is 0.401. The summed E-state index contributed by atoms with van der Waals surface area (Å²) in [6, 6.07) is 5.23. The van der Waals surface area contributed by atoms with Crippen molar-refractivity contribution in [1.29, 1.82) is 0 Å². The van der Waals surface area contributed by atoms with Gasteiger partial charge in [0.05, 0.1) is 5.56 Å². The van der Waals surface area contributed by atoms with Gasteiger partial charge in [0.15, 0.2) is 0 Å². The Labute approximate surface area is 187 Å². The van der Waals surface area contributed by atoms with E-state index in [4.69, 9.17) is 0 Å². The first-order valence-electron chi connectivity index (χ1n) is 12.6. The summed E-state index contributed by atoms with van der Waals surface area (Å²) in [4.78, 5) is 0. The van der Waals surface area contributed by atoms with Gasteiger partial charge >= 0.3 is 6.18 Å². The van der Waals surface area contributed by atoms with E-state index in [-0.39, 0.29) is 0 Å². The maximum atomic E-state index is 12.7. The predicted molar refractivity (Wildman–Crippen MR) is 123 cm³/mol. The second kappa shape index (κ2) is 12.0. The minimum atomic E-state index is -4.28. The number of rotatable bonds is 7.